The summed E-state index contributed by atoms with van der Waals surface area (Å²) in [5.74, 6) is 0.169. The maximum atomic E-state index is 14.3. The smallest absolute Gasteiger partial charge is 0.269 e. The van der Waals surface area contributed by atoms with Crippen LogP contribution in [-0.2, 0) is 10.3 Å². The molecule has 1 N–H and O–H groups in total. The topological polar surface area (TPSA) is 92.5 Å². The van der Waals surface area contributed by atoms with E-state index in [2.05, 4.69) is 10.2 Å². The Balaban J connectivity index is 1.60. The van der Waals surface area contributed by atoms with Crippen LogP contribution in [0.25, 0.3) is 0 Å². The summed E-state index contributed by atoms with van der Waals surface area (Å²) in [6, 6.07) is 21.4. The Morgan fingerprint density at radius 3 is 2.57 bits per heavy atom. The highest BCUT2D eigenvalue weighted by Gasteiger charge is 2.69. The zero-order chi connectivity index (χ0) is 24.3. The van der Waals surface area contributed by atoms with Crippen molar-refractivity contribution in [2.45, 2.75) is 24.4 Å². The zero-order valence-corrected chi connectivity index (χ0v) is 19.8. The van der Waals surface area contributed by atoms with E-state index in [9.17, 15) is 19.7 Å². The van der Waals surface area contributed by atoms with Crippen molar-refractivity contribution < 1.29 is 14.5 Å². The molecule has 2 saturated heterocycles. The van der Waals surface area contributed by atoms with Gasteiger partial charge in [0.25, 0.3) is 5.69 Å². The number of hydrogen-bond donors (Lipinski definition) is 1. The van der Waals surface area contributed by atoms with Crippen LogP contribution in [0.2, 0.25) is 0 Å². The number of fused-ring (bicyclic) bond motifs is 4. The highest BCUT2D eigenvalue weighted by atomic mass is 32.2. The van der Waals surface area contributed by atoms with Crippen molar-refractivity contribution in [1.82, 2.24) is 4.90 Å². The van der Waals surface area contributed by atoms with Crippen molar-refractivity contribution >= 4 is 34.8 Å². The minimum atomic E-state index is -1.14. The molecule has 3 heterocycles. The molecular formula is C27H23N3O4S. The lowest BCUT2D eigenvalue weighted by molar-refractivity contribution is -0.384. The van der Waals surface area contributed by atoms with Gasteiger partial charge in [-0.2, -0.15) is 0 Å². The van der Waals surface area contributed by atoms with E-state index in [-0.39, 0.29) is 29.3 Å². The Morgan fingerprint density at radius 1 is 1.11 bits per heavy atom. The van der Waals surface area contributed by atoms with Crippen molar-refractivity contribution in [3.05, 3.63) is 105 Å². The van der Waals surface area contributed by atoms with Crippen LogP contribution in [0, 0.1) is 23.0 Å². The van der Waals surface area contributed by atoms with Crippen LogP contribution < -0.4 is 5.32 Å². The first kappa shape index (κ1) is 22.0. The fourth-order valence-electron chi connectivity index (χ4n) is 6.16. The average Bonchev–Trinajstić information content (AvgIpc) is 3.53. The molecule has 2 fully saturated rings. The predicted octanol–water partition coefficient (Wildman–Crippen LogP) is 4.72. The van der Waals surface area contributed by atoms with E-state index in [1.165, 1.54) is 12.1 Å². The van der Waals surface area contributed by atoms with Crippen molar-refractivity contribution in [2.75, 3.05) is 16.9 Å². The van der Waals surface area contributed by atoms with Crippen LogP contribution >= 0.6 is 11.8 Å². The maximum absolute atomic E-state index is 14.3. The Morgan fingerprint density at radius 2 is 1.86 bits per heavy atom. The fraction of sp³-hybridized carbons (Fsp3) is 0.259. The Labute approximate surface area is 206 Å². The summed E-state index contributed by atoms with van der Waals surface area (Å²) >= 11 is 1.75. The highest BCUT2D eigenvalue weighted by Crippen LogP contribution is 2.61. The standard InChI is InChI=1S/C27H23N3O4S/c1-16-7-12-21-20(13-16)27(26(32)28-21)24(25(31)18-5-3-2-4-6-18)23(22-14-35-15-29(22)27)17-8-10-19(11-9-17)30(33)34/h2-13,22-24H,14-15H2,1H3,(H,28,32)/t22-,23-,24+,27+/m0/s1. The molecule has 3 aromatic carbocycles. The number of ketones is 1. The summed E-state index contributed by atoms with van der Waals surface area (Å²) < 4.78 is 0. The average molecular weight is 486 g/mol. The molecule has 35 heavy (non-hydrogen) atoms. The van der Waals surface area contributed by atoms with Crippen molar-refractivity contribution in [3.63, 3.8) is 0 Å². The number of rotatable bonds is 4. The summed E-state index contributed by atoms with van der Waals surface area (Å²) in [6.45, 7) is 1.99. The molecule has 3 aromatic rings. The fourth-order valence-corrected chi connectivity index (χ4v) is 7.49. The van der Waals surface area contributed by atoms with Crippen LogP contribution in [0.5, 0.6) is 0 Å². The van der Waals surface area contributed by atoms with Crippen molar-refractivity contribution in [2.24, 2.45) is 5.92 Å². The lowest BCUT2D eigenvalue weighted by atomic mass is 9.69. The number of aryl methyl sites for hydroxylation is 1. The number of non-ortho nitro benzene ring substituents is 1. The molecule has 8 heteroatoms. The van der Waals surface area contributed by atoms with E-state index in [0.29, 0.717) is 11.4 Å². The molecule has 0 unspecified atom stereocenters. The molecule has 0 radical (unpaired) electrons. The first-order valence-electron chi connectivity index (χ1n) is 11.5. The summed E-state index contributed by atoms with van der Waals surface area (Å²) in [7, 11) is 0. The largest absolute Gasteiger partial charge is 0.324 e. The van der Waals surface area contributed by atoms with E-state index in [0.717, 1.165) is 28.1 Å². The second-order valence-corrected chi connectivity index (χ2v) is 10.4. The molecule has 4 atom stereocenters. The molecule has 6 rings (SSSR count). The minimum absolute atomic E-state index is 0.00429. The van der Waals surface area contributed by atoms with Gasteiger partial charge in [0.2, 0.25) is 5.91 Å². The number of hydrogen-bond acceptors (Lipinski definition) is 6. The van der Waals surface area contributed by atoms with Gasteiger partial charge in [-0.15, -0.1) is 11.8 Å². The van der Waals surface area contributed by atoms with Crippen molar-refractivity contribution in [1.29, 1.82) is 0 Å². The third kappa shape index (κ3) is 3.10. The Bertz CT molecular complexity index is 1360. The normalized spacial score (nSPS) is 27.0. The van der Waals surface area contributed by atoms with Crippen LogP contribution in [0.15, 0.2) is 72.8 Å². The molecule has 3 aliphatic heterocycles. The molecule has 1 spiro atoms. The quantitative estimate of drug-likeness (QED) is 0.327. The minimum Gasteiger partial charge on any atom is -0.324 e. The van der Waals surface area contributed by atoms with Gasteiger partial charge in [0.15, 0.2) is 5.78 Å². The Kier molecular flexibility index (Phi) is 5.05. The number of carbonyl (C=O) groups is 2. The SMILES string of the molecule is Cc1ccc2c(c1)[C@]1(C(=O)N2)[C@@H](C(=O)c2ccccc2)[C@@H](c2ccc([N+](=O)[O-])cc2)[C@@H]2CSCN21. The maximum Gasteiger partial charge on any atom is 0.269 e. The van der Waals surface area contributed by atoms with E-state index >= 15 is 0 Å². The number of nitrogens with one attached hydrogen (secondary N) is 1. The van der Waals surface area contributed by atoms with Gasteiger partial charge in [0.1, 0.15) is 5.54 Å². The predicted molar refractivity (Wildman–Crippen MR) is 135 cm³/mol. The van der Waals surface area contributed by atoms with E-state index in [1.54, 1.807) is 36.0 Å². The van der Waals surface area contributed by atoms with Crippen LogP contribution in [-0.4, -0.2) is 39.2 Å². The summed E-state index contributed by atoms with van der Waals surface area (Å²) in [5, 5.41) is 14.3. The number of Topliss-reactive ketones (excluding diaryl/α,β-unsaturated/α-hetero) is 1. The van der Waals surface area contributed by atoms with Crippen LogP contribution in [0.3, 0.4) is 0 Å². The van der Waals surface area contributed by atoms with Gasteiger partial charge in [-0.1, -0.05) is 60.2 Å². The third-order valence-corrected chi connectivity index (χ3v) is 8.64. The number of thioether (sulfide) groups is 1. The number of benzene rings is 3. The van der Waals surface area contributed by atoms with Crippen LogP contribution in [0.4, 0.5) is 11.4 Å². The molecule has 1 amide bonds. The number of amides is 1. The molecule has 176 valence electrons. The van der Waals surface area contributed by atoms with Gasteiger partial charge in [-0.3, -0.25) is 24.6 Å². The molecule has 0 aromatic heterocycles. The second-order valence-electron chi connectivity index (χ2n) is 9.39. The number of carbonyl (C=O) groups excluding carboxylic acids is 2. The number of anilines is 1. The Hall–Kier alpha value is -3.49. The van der Waals surface area contributed by atoms with Crippen LogP contribution in [0.1, 0.15) is 33.0 Å². The van der Waals surface area contributed by atoms with E-state index in [4.69, 9.17) is 0 Å². The first-order chi connectivity index (χ1) is 16.9. The summed E-state index contributed by atoms with van der Waals surface area (Å²) in [4.78, 5) is 41.3. The van der Waals surface area contributed by atoms with Gasteiger partial charge < -0.3 is 5.32 Å². The molecule has 0 saturated carbocycles. The van der Waals surface area contributed by atoms with Gasteiger partial charge in [0, 0.05) is 52.5 Å². The number of nitro benzene ring substituents is 1. The number of nitro groups is 1. The monoisotopic (exact) mass is 485 g/mol. The number of nitrogens with zero attached hydrogens (tertiary/aromatic N) is 2. The molecule has 0 bridgehead atoms. The summed E-state index contributed by atoms with van der Waals surface area (Å²) in [5.41, 5.74) is 2.87. The lowest BCUT2D eigenvalue weighted by Crippen LogP contribution is -2.52. The van der Waals surface area contributed by atoms with E-state index < -0.39 is 16.4 Å². The van der Waals surface area contributed by atoms with Gasteiger partial charge in [0.05, 0.1) is 10.8 Å². The molecule has 3 aliphatic rings. The van der Waals surface area contributed by atoms with Gasteiger partial charge in [-0.25, -0.2) is 0 Å². The van der Waals surface area contributed by atoms with Gasteiger partial charge in [-0.05, 0) is 18.6 Å². The van der Waals surface area contributed by atoms with Gasteiger partial charge >= 0.3 is 0 Å². The summed E-state index contributed by atoms with van der Waals surface area (Å²) in [6.07, 6.45) is 0. The van der Waals surface area contributed by atoms with Crippen molar-refractivity contribution in [3.8, 4) is 0 Å². The first-order valence-corrected chi connectivity index (χ1v) is 12.7. The highest BCUT2D eigenvalue weighted by molar-refractivity contribution is 7.99. The third-order valence-electron chi connectivity index (χ3n) is 7.61. The molecule has 0 aliphatic carbocycles. The lowest BCUT2D eigenvalue weighted by Gasteiger charge is -2.36. The van der Waals surface area contributed by atoms with E-state index in [1.807, 2.05) is 43.3 Å². The molecular weight excluding hydrogens is 462 g/mol. The second kappa shape index (κ2) is 8.03. The molecule has 7 nitrogen and oxygen atoms in total. The zero-order valence-electron chi connectivity index (χ0n) is 19.0.